The van der Waals surface area contributed by atoms with Gasteiger partial charge in [-0.15, -0.1) is 0 Å². The zero-order valence-corrected chi connectivity index (χ0v) is 13.0. The van der Waals surface area contributed by atoms with Crippen LogP contribution < -0.4 is 10.6 Å². The predicted octanol–water partition coefficient (Wildman–Crippen LogP) is 2.23. The number of likely N-dealkylation sites (tertiary alicyclic amines) is 1. The van der Waals surface area contributed by atoms with Gasteiger partial charge in [0, 0.05) is 18.6 Å². The van der Waals surface area contributed by atoms with E-state index < -0.39 is 0 Å². The molecule has 3 atom stereocenters. The van der Waals surface area contributed by atoms with Crippen molar-refractivity contribution < 1.29 is 0 Å². The number of rotatable bonds is 6. The molecule has 0 aliphatic carbocycles. The summed E-state index contributed by atoms with van der Waals surface area (Å²) in [7, 11) is 0. The second kappa shape index (κ2) is 8.23. The minimum absolute atomic E-state index is 0.659. The Labute approximate surface area is 119 Å². The summed E-state index contributed by atoms with van der Waals surface area (Å²) in [6.45, 7) is 10.9. The van der Waals surface area contributed by atoms with Crippen LogP contribution in [0.15, 0.2) is 0 Å². The van der Waals surface area contributed by atoms with Crippen LogP contribution in [0, 0.1) is 5.92 Å². The standard InChI is InChI=1S/C16H33N3/c1-3-19-10-8-15(13-19)12-18-14(2)11-16-7-5-4-6-9-17-16/h14-18H,3-13H2,1-2H3. The summed E-state index contributed by atoms with van der Waals surface area (Å²) in [4.78, 5) is 2.57. The third-order valence-electron chi connectivity index (χ3n) is 4.87. The van der Waals surface area contributed by atoms with Crippen molar-refractivity contribution in [2.45, 2.75) is 64.5 Å². The first-order chi connectivity index (χ1) is 9.28. The lowest BCUT2D eigenvalue weighted by Crippen LogP contribution is -2.39. The van der Waals surface area contributed by atoms with E-state index in [1.807, 2.05) is 0 Å². The van der Waals surface area contributed by atoms with E-state index in [2.05, 4.69) is 29.4 Å². The van der Waals surface area contributed by atoms with Crippen LogP contribution in [0.4, 0.5) is 0 Å². The Hall–Kier alpha value is -0.120. The van der Waals surface area contributed by atoms with Gasteiger partial charge in [0.2, 0.25) is 0 Å². The maximum atomic E-state index is 3.77. The van der Waals surface area contributed by atoms with E-state index >= 15 is 0 Å². The van der Waals surface area contributed by atoms with Gasteiger partial charge in [0.1, 0.15) is 0 Å². The lowest BCUT2D eigenvalue weighted by atomic mass is 10.0. The van der Waals surface area contributed by atoms with Crippen molar-refractivity contribution in [1.29, 1.82) is 0 Å². The quantitative estimate of drug-likeness (QED) is 0.773. The predicted molar refractivity (Wildman–Crippen MR) is 82.6 cm³/mol. The van der Waals surface area contributed by atoms with Crippen molar-refractivity contribution in [2.75, 3.05) is 32.7 Å². The van der Waals surface area contributed by atoms with Crippen LogP contribution in [0.1, 0.15) is 52.4 Å². The highest BCUT2D eigenvalue weighted by Gasteiger charge is 2.22. The van der Waals surface area contributed by atoms with Gasteiger partial charge in [0.15, 0.2) is 0 Å². The summed E-state index contributed by atoms with van der Waals surface area (Å²) in [5.74, 6) is 0.879. The normalized spacial score (nSPS) is 31.3. The molecule has 0 amide bonds. The smallest absolute Gasteiger partial charge is 0.00817 e. The van der Waals surface area contributed by atoms with E-state index in [-0.39, 0.29) is 0 Å². The van der Waals surface area contributed by atoms with Crippen LogP contribution in [0.5, 0.6) is 0 Å². The number of nitrogens with one attached hydrogen (secondary N) is 2. The second-order valence-electron chi connectivity index (χ2n) is 6.59. The molecule has 19 heavy (non-hydrogen) atoms. The van der Waals surface area contributed by atoms with Crippen LogP contribution in [0.25, 0.3) is 0 Å². The molecule has 0 radical (unpaired) electrons. The van der Waals surface area contributed by atoms with Crippen molar-refractivity contribution in [3.8, 4) is 0 Å². The fourth-order valence-electron chi connectivity index (χ4n) is 3.55. The van der Waals surface area contributed by atoms with Gasteiger partial charge in [-0.1, -0.05) is 19.8 Å². The van der Waals surface area contributed by atoms with Crippen LogP contribution in [0.3, 0.4) is 0 Å². The molecule has 0 aromatic carbocycles. The molecule has 2 rings (SSSR count). The molecule has 2 aliphatic rings. The average molecular weight is 267 g/mol. The summed E-state index contributed by atoms with van der Waals surface area (Å²) in [5.41, 5.74) is 0. The summed E-state index contributed by atoms with van der Waals surface area (Å²) in [5, 5.41) is 7.48. The van der Waals surface area contributed by atoms with Crippen molar-refractivity contribution in [3.05, 3.63) is 0 Å². The Morgan fingerprint density at radius 1 is 1.26 bits per heavy atom. The van der Waals surface area contributed by atoms with E-state index in [0.717, 1.165) is 12.0 Å². The minimum Gasteiger partial charge on any atom is -0.314 e. The Morgan fingerprint density at radius 2 is 2.16 bits per heavy atom. The van der Waals surface area contributed by atoms with E-state index in [1.165, 1.54) is 71.2 Å². The van der Waals surface area contributed by atoms with E-state index in [9.17, 15) is 0 Å². The summed E-state index contributed by atoms with van der Waals surface area (Å²) < 4.78 is 0. The van der Waals surface area contributed by atoms with Gasteiger partial charge < -0.3 is 15.5 Å². The Kier molecular flexibility index (Phi) is 6.62. The second-order valence-corrected chi connectivity index (χ2v) is 6.59. The van der Waals surface area contributed by atoms with Gasteiger partial charge in [-0.25, -0.2) is 0 Å². The minimum atomic E-state index is 0.659. The first-order valence-corrected chi connectivity index (χ1v) is 8.47. The molecular formula is C16H33N3. The summed E-state index contributed by atoms with van der Waals surface area (Å²) >= 11 is 0. The molecule has 2 heterocycles. The Bertz CT molecular complexity index is 236. The zero-order valence-electron chi connectivity index (χ0n) is 13.0. The fourth-order valence-corrected chi connectivity index (χ4v) is 3.55. The third-order valence-corrected chi connectivity index (χ3v) is 4.87. The number of hydrogen-bond acceptors (Lipinski definition) is 3. The molecule has 112 valence electrons. The van der Waals surface area contributed by atoms with Gasteiger partial charge >= 0.3 is 0 Å². The van der Waals surface area contributed by atoms with Crippen LogP contribution >= 0.6 is 0 Å². The zero-order chi connectivity index (χ0) is 13.5. The first-order valence-electron chi connectivity index (χ1n) is 8.47. The Morgan fingerprint density at radius 3 is 2.95 bits per heavy atom. The highest BCUT2D eigenvalue weighted by atomic mass is 15.1. The molecule has 3 heteroatoms. The van der Waals surface area contributed by atoms with Crippen molar-refractivity contribution in [1.82, 2.24) is 15.5 Å². The van der Waals surface area contributed by atoms with Crippen molar-refractivity contribution in [3.63, 3.8) is 0 Å². The molecule has 2 N–H and O–H groups in total. The lowest BCUT2D eigenvalue weighted by Gasteiger charge is -2.23. The SMILES string of the molecule is CCN1CCC(CNC(C)CC2CCCCCN2)C1. The van der Waals surface area contributed by atoms with Gasteiger partial charge in [-0.2, -0.15) is 0 Å². The number of nitrogens with zero attached hydrogens (tertiary/aromatic N) is 1. The van der Waals surface area contributed by atoms with Crippen molar-refractivity contribution >= 4 is 0 Å². The molecule has 0 aromatic heterocycles. The van der Waals surface area contributed by atoms with Gasteiger partial charge in [0.05, 0.1) is 0 Å². The van der Waals surface area contributed by atoms with Crippen LogP contribution in [-0.4, -0.2) is 49.7 Å². The van der Waals surface area contributed by atoms with E-state index in [1.54, 1.807) is 0 Å². The van der Waals surface area contributed by atoms with Crippen LogP contribution in [0.2, 0.25) is 0 Å². The maximum absolute atomic E-state index is 3.77. The highest BCUT2D eigenvalue weighted by Crippen LogP contribution is 2.16. The Balaban J connectivity index is 1.60. The van der Waals surface area contributed by atoms with E-state index in [0.29, 0.717) is 6.04 Å². The van der Waals surface area contributed by atoms with E-state index in [4.69, 9.17) is 0 Å². The van der Waals surface area contributed by atoms with Crippen molar-refractivity contribution in [2.24, 2.45) is 5.92 Å². The molecule has 0 aromatic rings. The lowest BCUT2D eigenvalue weighted by molar-refractivity contribution is 0.330. The van der Waals surface area contributed by atoms with Gasteiger partial charge in [0.25, 0.3) is 0 Å². The van der Waals surface area contributed by atoms with Crippen LogP contribution in [-0.2, 0) is 0 Å². The molecule has 2 aliphatic heterocycles. The molecule has 2 saturated heterocycles. The average Bonchev–Trinajstić information content (AvgIpc) is 2.73. The monoisotopic (exact) mass is 267 g/mol. The highest BCUT2D eigenvalue weighted by molar-refractivity contribution is 4.80. The maximum Gasteiger partial charge on any atom is 0.00817 e. The number of hydrogen-bond donors (Lipinski definition) is 2. The third kappa shape index (κ3) is 5.41. The van der Waals surface area contributed by atoms with Gasteiger partial charge in [-0.05, 0) is 64.7 Å². The summed E-state index contributed by atoms with van der Waals surface area (Å²) in [6, 6.07) is 1.41. The molecule has 0 saturated carbocycles. The molecule has 0 spiro atoms. The molecular weight excluding hydrogens is 234 g/mol. The topological polar surface area (TPSA) is 27.3 Å². The summed E-state index contributed by atoms with van der Waals surface area (Å²) in [6.07, 6.45) is 8.25. The fraction of sp³-hybridized carbons (Fsp3) is 1.00. The molecule has 0 bridgehead atoms. The molecule has 3 unspecified atom stereocenters. The molecule has 2 fully saturated rings. The first kappa shape index (κ1) is 15.3. The molecule has 3 nitrogen and oxygen atoms in total. The van der Waals surface area contributed by atoms with Gasteiger partial charge in [-0.3, -0.25) is 0 Å². The largest absolute Gasteiger partial charge is 0.314 e.